The second kappa shape index (κ2) is 1.67. The average Bonchev–Trinajstić information content (AvgIpc) is 2.58. The van der Waals surface area contributed by atoms with E-state index in [9.17, 15) is 9.90 Å². The Morgan fingerprint density at radius 1 is 1.67 bits per heavy atom. The molecule has 12 heavy (non-hydrogen) atoms. The van der Waals surface area contributed by atoms with E-state index >= 15 is 0 Å². The minimum absolute atomic E-state index is 0.0972. The van der Waals surface area contributed by atoms with Crippen molar-refractivity contribution in [3.63, 3.8) is 0 Å². The molecule has 0 aromatic rings. The minimum Gasteiger partial charge on any atom is -0.390 e. The highest BCUT2D eigenvalue weighted by molar-refractivity contribution is 5.86. The van der Waals surface area contributed by atoms with Gasteiger partial charge in [0, 0.05) is 12.3 Å². The minimum atomic E-state index is -0.385. The summed E-state index contributed by atoms with van der Waals surface area (Å²) in [7, 11) is 0. The van der Waals surface area contributed by atoms with E-state index in [2.05, 4.69) is 0 Å². The molecule has 2 heterocycles. The van der Waals surface area contributed by atoms with Crippen LogP contribution >= 0.6 is 0 Å². The van der Waals surface area contributed by atoms with Crippen LogP contribution in [-0.4, -0.2) is 29.3 Å². The van der Waals surface area contributed by atoms with Gasteiger partial charge in [-0.3, -0.25) is 4.79 Å². The third-order valence-electron chi connectivity index (χ3n) is 3.65. The maximum atomic E-state index is 11.1. The number of carbonyl (C=O) groups is 1. The fraction of sp³-hybridized carbons (Fsp3) is 0.875. The van der Waals surface area contributed by atoms with E-state index in [0.29, 0.717) is 6.42 Å². The Kier molecular flexibility index (Phi) is 0.957. The van der Waals surface area contributed by atoms with Crippen molar-refractivity contribution in [2.45, 2.75) is 31.2 Å². The highest BCUT2D eigenvalue weighted by atomic mass is 16.5. The fourth-order valence-corrected chi connectivity index (χ4v) is 2.91. The lowest BCUT2D eigenvalue weighted by Crippen LogP contribution is -2.37. The van der Waals surface area contributed by atoms with Gasteiger partial charge in [0.25, 0.3) is 0 Å². The van der Waals surface area contributed by atoms with Crippen LogP contribution < -0.4 is 5.73 Å². The first kappa shape index (κ1) is 6.86. The Hall–Kier alpha value is -0.610. The van der Waals surface area contributed by atoms with Gasteiger partial charge in [0.15, 0.2) is 0 Å². The number of hydrogen-bond acceptors (Lipinski definition) is 3. The van der Waals surface area contributed by atoms with Gasteiger partial charge in [-0.25, -0.2) is 0 Å². The molecule has 3 fully saturated rings. The van der Waals surface area contributed by atoms with Gasteiger partial charge >= 0.3 is 0 Å². The monoisotopic (exact) mass is 169 g/mol. The molecule has 66 valence electrons. The molecule has 4 heteroatoms. The highest BCUT2D eigenvalue weighted by Gasteiger charge is 2.76. The molecule has 1 amide bonds. The van der Waals surface area contributed by atoms with Gasteiger partial charge in [-0.15, -0.1) is 0 Å². The van der Waals surface area contributed by atoms with E-state index in [1.165, 1.54) is 0 Å². The normalized spacial score (nSPS) is 60.1. The van der Waals surface area contributed by atoms with Crippen molar-refractivity contribution in [1.82, 2.24) is 0 Å². The molecule has 1 saturated carbocycles. The van der Waals surface area contributed by atoms with Crippen molar-refractivity contribution < 1.29 is 14.6 Å². The van der Waals surface area contributed by atoms with Crippen molar-refractivity contribution in [2.75, 3.05) is 0 Å². The lowest BCUT2D eigenvalue weighted by Gasteiger charge is -2.18. The van der Waals surface area contributed by atoms with Gasteiger partial charge in [0.2, 0.25) is 5.91 Å². The first-order valence-electron chi connectivity index (χ1n) is 4.29. The Balaban J connectivity index is 1.96. The largest absolute Gasteiger partial charge is 0.390 e. The lowest BCUT2D eigenvalue weighted by atomic mass is 9.86. The number of fused-ring (bicyclic) bond motifs is 5. The molecule has 0 spiro atoms. The number of primary amides is 1. The van der Waals surface area contributed by atoms with Crippen molar-refractivity contribution in [2.24, 2.45) is 17.1 Å². The molecule has 2 aliphatic heterocycles. The molecule has 3 N–H and O–H groups in total. The zero-order valence-electron chi connectivity index (χ0n) is 6.56. The van der Waals surface area contributed by atoms with Gasteiger partial charge in [-0.05, 0) is 6.42 Å². The van der Waals surface area contributed by atoms with Crippen LogP contribution in [0.25, 0.3) is 0 Å². The number of aliphatic hydroxyl groups excluding tert-OH is 1. The first-order chi connectivity index (χ1) is 5.66. The number of carbonyl (C=O) groups excluding carboxylic acids is 1. The second-order valence-electron chi connectivity index (χ2n) is 4.11. The molecule has 5 atom stereocenters. The maximum absolute atomic E-state index is 11.1. The van der Waals surface area contributed by atoms with Crippen molar-refractivity contribution in [3.05, 3.63) is 0 Å². The third kappa shape index (κ3) is 0.499. The molecular weight excluding hydrogens is 158 g/mol. The summed E-state index contributed by atoms with van der Waals surface area (Å²) in [6.45, 7) is 0. The average molecular weight is 169 g/mol. The number of amides is 1. The number of aliphatic hydroxyl groups is 1. The van der Waals surface area contributed by atoms with E-state index < -0.39 is 0 Å². The molecule has 0 radical (unpaired) electrons. The van der Waals surface area contributed by atoms with Crippen LogP contribution in [0.1, 0.15) is 12.8 Å². The molecule has 2 bridgehead atoms. The number of rotatable bonds is 1. The SMILES string of the molecule is NC(=O)C12CC1C1OC2CC1O. The molecule has 4 nitrogen and oxygen atoms in total. The van der Waals surface area contributed by atoms with Crippen LogP contribution in [0.15, 0.2) is 0 Å². The summed E-state index contributed by atoms with van der Waals surface area (Å²) >= 11 is 0. The Labute approximate surface area is 69.7 Å². The van der Waals surface area contributed by atoms with E-state index in [1.807, 2.05) is 0 Å². The number of hydrogen-bond donors (Lipinski definition) is 2. The topological polar surface area (TPSA) is 72.6 Å². The van der Waals surface area contributed by atoms with Crippen LogP contribution in [0.2, 0.25) is 0 Å². The van der Waals surface area contributed by atoms with E-state index in [-0.39, 0.29) is 35.6 Å². The van der Waals surface area contributed by atoms with Crippen LogP contribution in [0.4, 0.5) is 0 Å². The quantitative estimate of drug-likeness (QED) is 0.529. The molecule has 1 aliphatic carbocycles. The van der Waals surface area contributed by atoms with E-state index in [1.54, 1.807) is 0 Å². The number of ether oxygens (including phenoxy) is 1. The number of nitrogens with two attached hydrogens (primary N) is 1. The molecule has 2 saturated heterocycles. The summed E-state index contributed by atoms with van der Waals surface area (Å²) in [6.07, 6.45) is 0.844. The molecule has 3 aliphatic rings. The molecule has 5 unspecified atom stereocenters. The predicted molar refractivity (Wildman–Crippen MR) is 39.0 cm³/mol. The van der Waals surface area contributed by atoms with Gasteiger partial charge < -0.3 is 15.6 Å². The van der Waals surface area contributed by atoms with E-state index in [0.717, 1.165) is 6.42 Å². The summed E-state index contributed by atoms with van der Waals surface area (Å²) in [4.78, 5) is 11.1. The van der Waals surface area contributed by atoms with Gasteiger partial charge in [-0.2, -0.15) is 0 Å². The summed E-state index contributed by atoms with van der Waals surface area (Å²) in [5, 5.41) is 9.44. The summed E-state index contributed by atoms with van der Waals surface area (Å²) < 4.78 is 5.46. The second-order valence-corrected chi connectivity index (χ2v) is 4.11. The van der Waals surface area contributed by atoms with E-state index in [4.69, 9.17) is 10.5 Å². The first-order valence-corrected chi connectivity index (χ1v) is 4.29. The van der Waals surface area contributed by atoms with Crippen LogP contribution in [-0.2, 0) is 9.53 Å². The van der Waals surface area contributed by atoms with Gasteiger partial charge in [0.1, 0.15) is 0 Å². The van der Waals surface area contributed by atoms with Crippen molar-refractivity contribution in [3.8, 4) is 0 Å². The standard InChI is InChI=1S/C8H11NO3/c9-7(11)8-2-3(8)6-4(10)1-5(8)12-6/h3-6,10H,1-2H2,(H2,9,11). The van der Waals surface area contributed by atoms with Crippen molar-refractivity contribution >= 4 is 5.91 Å². The predicted octanol–water partition coefficient (Wildman–Crippen LogP) is -0.990. The summed E-state index contributed by atoms with van der Waals surface area (Å²) in [5.41, 5.74) is 4.92. The Morgan fingerprint density at radius 3 is 2.92 bits per heavy atom. The van der Waals surface area contributed by atoms with Crippen molar-refractivity contribution in [1.29, 1.82) is 0 Å². The summed E-state index contributed by atoms with van der Waals surface area (Å²) in [6, 6.07) is 0. The smallest absolute Gasteiger partial charge is 0.226 e. The Morgan fingerprint density at radius 2 is 2.42 bits per heavy atom. The molecule has 3 rings (SSSR count). The molecular formula is C8H11NO3. The van der Waals surface area contributed by atoms with Crippen LogP contribution in [0.3, 0.4) is 0 Å². The molecule has 0 aromatic heterocycles. The van der Waals surface area contributed by atoms with Crippen LogP contribution in [0.5, 0.6) is 0 Å². The molecule has 0 aromatic carbocycles. The maximum Gasteiger partial charge on any atom is 0.226 e. The fourth-order valence-electron chi connectivity index (χ4n) is 2.91. The zero-order chi connectivity index (χ0) is 8.51. The Bertz CT molecular complexity index is 265. The lowest BCUT2D eigenvalue weighted by molar-refractivity contribution is -0.126. The third-order valence-corrected chi connectivity index (χ3v) is 3.65. The zero-order valence-corrected chi connectivity index (χ0v) is 6.56. The van der Waals surface area contributed by atoms with Gasteiger partial charge in [0.05, 0.1) is 23.7 Å². The highest BCUT2D eigenvalue weighted by Crippen LogP contribution is 2.68. The summed E-state index contributed by atoms with van der Waals surface area (Å²) in [5.74, 6) is -0.0318. The van der Waals surface area contributed by atoms with Crippen LogP contribution in [0, 0.1) is 11.3 Å². The van der Waals surface area contributed by atoms with Gasteiger partial charge in [-0.1, -0.05) is 0 Å².